The molecule has 17 heavy (non-hydrogen) atoms. The quantitative estimate of drug-likeness (QED) is 0.526. The summed E-state index contributed by atoms with van der Waals surface area (Å²) in [7, 11) is 6.49. The molecule has 0 heterocycles. The molecule has 1 aromatic carbocycles. The Bertz CT molecular complexity index is 345. The minimum Gasteiger partial charge on any atom is -0.539 e. The van der Waals surface area contributed by atoms with Gasteiger partial charge < -0.3 is 21.2 Å². The Hall–Kier alpha value is -1.92. The summed E-state index contributed by atoms with van der Waals surface area (Å²) < 4.78 is 0.890. The topological polar surface area (TPSA) is 112 Å². The number of nitrogens with zero attached hydrogens (tertiary/aromatic N) is 1. The molecular formula is C11H18N2O4. The van der Waals surface area contributed by atoms with E-state index in [1.54, 1.807) is 0 Å². The Kier molecular flexibility index (Phi) is 7.57. The maximum Gasteiger partial charge on any atom is 0.351 e. The molecule has 1 aromatic rings. The van der Waals surface area contributed by atoms with E-state index in [1.165, 1.54) is 5.69 Å². The third-order valence-corrected chi connectivity index (χ3v) is 1.71. The number of hydrogen-bond acceptors (Lipinski definition) is 4. The molecule has 0 aromatic heterocycles. The van der Waals surface area contributed by atoms with Crippen LogP contribution >= 0.6 is 0 Å². The van der Waals surface area contributed by atoms with Crippen LogP contribution in [0.2, 0.25) is 0 Å². The third-order valence-electron chi connectivity index (χ3n) is 1.71. The van der Waals surface area contributed by atoms with Crippen molar-refractivity contribution < 1.29 is 19.8 Å². The van der Waals surface area contributed by atoms with Gasteiger partial charge in [-0.3, -0.25) is 4.48 Å². The fourth-order valence-corrected chi connectivity index (χ4v) is 0.875. The Morgan fingerprint density at radius 3 is 1.65 bits per heavy atom. The van der Waals surface area contributed by atoms with Crippen LogP contribution in [0.3, 0.4) is 0 Å². The van der Waals surface area contributed by atoms with Crippen LogP contribution in [0.15, 0.2) is 30.3 Å². The van der Waals surface area contributed by atoms with Crippen LogP contribution in [0.25, 0.3) is 0 Å². The zero-order valence-corrected chi connectivity index (χ0v) is 10.2. The van der Waals surface area contributed by atoms with E-state index in [4.69, 9.17) is 19.8 Å². The Morgan fingerprint density at radius 1 is 1.12 bits per heavy atom. The lowest BCUT2D eigenvalue weighted by Gasteiger charge is -2.22. The zero-order valence-electron chi connectivity index (χ0n) is 10.2. The summed E-state index contributed by atoms with van der Waals surface area (Å²) in [4.78, 5) is 18.0. The first-order valence-electron chi connectivity index (χ1n) is 4.56. The summed E-state index contributed by atoms with van der Waals surface area (Å²) in [6.45, 7) is 0. The van der Waals surface area contributed by atoms with Crippen LogP contribution in [0, 0.1) is 0 Å². The van der Waals surface area contributed by atoms with Crippen molar-refractivity contribution in [3.05, 3.63) is 30.3 Å². The predicted octanol–water partition coefficient (Wildman–Crippen LogP) is -0.134. The molecule has 4 N–H and O–H groups in total. The van der Waals surface area contributed by atoms with Gasteiger partial charge in [0.05, 0.1) is 21.1 Å². The van der Waals surface area contributed by atoms with Crippen molar-refractivity contribution in [2.24, 2.45) is 0 Å². The van der Waals surface area contributed by atoms with Crippen molar-refractivity contribution in [1.82, 2.24) is 10.6 Å². The second kappa shape index (κ2) is 7.37. The normalized spacial score (nSPS) is 9.35. The molecule has 0 atom stereocenters. The number of carbonyl (C=O) groups is 2. The van der Waals surface area contributed by atoms with Gasteiger partial charge in [-0.2, -0.15) is 0 Å². The second-order valence-electron chi connectivity index (χ2n) is 3.94. The maximum absolute atomic E-state index is 9.04. The number of benzene rings is 1. The molecular weight excluding hydrogens is 224 g/mol. The number of carbonyl (C=O) groups excluding carboxylic acids is 1. The minimum absolute atomic E-state index is 0. The van der Waals surface area contributed by atoms with Gasteiger partial charge in [0.25, 0.3) is 0 Å². The predicted molar refractivity (Wildman–Crippen MR) is 63.7 cm³/mol. The highest BCUT2D eigenvalue weighted by molar-refractivity contribution is 6.26. The number of carboxylic acid groups (broad SMARTS) is 2. The van der Waals surface area contributed by atoms with Crippen molar-refractivity contribution in [2.45, 2.75) is 0 Å². The van der Waals surface area contributed by atoms with Crippen LogP contribution < -0.4 is 15.7 Å². The number of hydrogen-bond donors (Lipinski definition) is 2. The minimum atomic E-state index is -2.07. The number of para-hydroxylation sites is 1. The van der Waals surface area contributed by atoms with Gasteiger partial charge in [-0.05, 0) is 12.1 Å². The molecule has 0 amide bonds. The maximum atomic E-state index is 9.04. The molecule has 0 fully saturated rings. The average Bonchev–Trinajstić information content (AvgIpc) is 2.18. The van der Waals surface area contributed by atoms with Crippen LogP contribution in [-0.2, 0) is 9.59 Å². The molecule has 1 rings (SSSR count). The van der Waals surface area contributed by atoms with E-state index >= 15 is 0 Å². The first-order valence-corrected chi connectivity index (χ1v) is 4.56. The van der Waals surface area contributed by atoms with Crippen molar-refractivity contribution in [1.29, 1.82) is 0 Å². The van der Waals surface area contributed by atoms with E-state index in [1.807, 2.05) is 6.07 Å². The van der Waals surface area contributed by atoms with E-state index in [0.717, 1.165) is 4.48 Å². The van der Waals surface area contributed by atoms with Crippen molar-refractivity contribution in [3.63, 3.8) is 0 Å². The molecule has 0 aliphatic carbocycles. The van der Waals surface area contributed by atoms with Gasteiger partial charge in [0.2, 0.25) is 0 Å². The molecule has 0 aliphatic heterocycles. The van der Waals surface area contributed by atoms with Crippen LogP contribution in [0.1, 0.15) is 0 Å². The second-order valence-corrected chi connectivity index (χ2v) is 3.94. The highest BCUT2D eigenvalue weighted by atomic mass is 16.4. The van der Waals surface area contributed by atoms with Gasteiger partial charge in [-0.1, -0.05) is 18.2 Å². The van der Waals surface area contributed by atoms with Crippen LogP contribution in [0.4, 0.5) is 5.69 Å². The highest BCUT2D eigenvalue weighted by Gasteiger charge is 2.08. The molecule has 0 saturated carbocycles. The van der Waals surface area contributed by atoms with Gasteiger partial charge in [0.15, 0.2) is 5.97 Å². The summed E-state index contributed by atoms with van der Waals surface area (Å²) in [6, 6.07) is 10.5. The van der Waals surface area contributed by atoms with Crippen molar-refractivity contribution in [3.8, 4) is 0 Å². The first kappa shape index (κ1) is 17.5. The van der Waals surface area contributed by atoms with E-state index in [9.17, 15) is 0 Å². The van der Waals surface area contributed by atoms with E-state index in [2.05, 4.69) is 45.4 Å². The molecule has 96 valence electrons. The van der Waals surface area contributed by atoms with Crippen molar-refractivity contribution >= 4 is 17.6 Å². The number of carboxylic acids is 2. The molecule has 0 bridgehead atoms. The monoisotopic (exact) mass is 242 g/mol. The first-order chi connectivity index (χ1) is 7.25. The van der Waals surface area contributed by atoms with E-state index < -0.39 is 11.9 Å². The van der Waals surface area contributed by atoms with Gasteiger partial charge in [-0.15, -0.1) is 0 Å². The largest absolute Gasteiger partial charge is 0.539 e. The van der Waals surface area contributed by atoms with Gasteiger partial charge in [0, 0.05) is 0 Å². The van der Waals surface area contributed by atoms with Gasteiger partial charge >= 0.3 is 5.97 Å². The standard InChI is InChI=1S/C9H14N.C2H2O4.H3N/c1-10(2,3)9-7-5-4-6-8-9;3-1(4)2(5)6;/h4-8H,1-3H3;(H,3,4)(H,5,6);1H3/q+1;;/p-1. The molecule has 0 saturated heterocycles. The lowest BCUT2D eigenvalue weighted by molar-refractivity contribution is -0.303. The number of aliphatic carboxylic acids is 2. The summed E-state index contributed by atoms with van der Waals surface area (Å²) in [5, 5.41) is 16.3. The molecule has 0 spiro atoms. The smallest absolute Gasteiger partial charge is 0.351 e. The third kappa shape index (κ3) is 7.95. The average molecular weight is 242 g/mol. The highest BCUT2D eigenvalue weighted by Crippen LogP contribution is 2.14. The lowest BCUT2D eigenvalue weighted by atomic mass is 10.3. The molecule has 6 nitrogen and oxygen atoms in total. The van der Waals surface area contributed by atoms with Crippen LogP contribution in [0.5, 0.6) is 0 Å². The molecule has 0 radical (unpaired) electrons. The fourth-order valence-electron chi connectivity index (χ4n) is 0.875. The Balaban J connectivity index is 0. The number of quaternary nitrogens is 1. The summed E-state index contributed by atoms with van der Waals surface area (Å²) in [5.74, 6) is -4.01. The summed E-state index contributed by atoms with van der Waals surface area (Å²) >= 11 is 0. The fraction of sp³-hybridized carbons (Fsp3) is 0.273. The zero-order chi connectivity index (χ0) is 12.8. The van der Waals surface area contributed by atoms with Crippen molar-refractivity contribution in [2.75, 3.05) is 21.1 Å². The summed E-state index contributed by atoms with van der Waals surface area (Å²) in [5.41, 5.74) is 1.34. The molecule has 6 heteroatoms. The molecule has 0 aliphatic rings. The van der Waals surface area contributed by atoms with Gasteiger partial charge in [0.1, 0.15) is 5.69 Å². The Morgan fingerprint density at radius 2 is 1.47 bits per heavy atom. The number of rotatable bonds is 1. The van der Waals surface area contributed by atoms with Crippen LogP contribution in [-0.4, -0.2) is 38.2 Å². The molecule has 0 unspecified atom stereocenters. The summed E-state index contributed by atoms with van der Waals surface area (Å²) in [6.07, 6.45) is 0. The van der Waals surface area contributed by atoms with Gasteiger partial charge in [-0.25, -0.2) is 4.79 Å². The van der Waals surface area contributed by atoms with E-state index in [-0.39, 0.29) is 6.15 Å². The lowest BCUT2D eigenvalue weighted by Crippen LogP contribution is -2.34. The Labute approximate surface area is 100 Å². The SMILES string of the molecule is C[N+](C)(C)c1ccccc1.N.O=C([O-])C(=O)O. The van der Waals surface area contributed by atoms with E-state index in [0.29, 0.717) is 0 Å².